The highest BCUT2D eigenvalue weighted by molar-refractivity contribution is 7.99. The lowest BCUT2D eigenvalue weighted by atomic mass is 10.1. The van der Waals surface area contributed by atoms with E-state index in [0.29, 0.717) is 11.1 Å². The Labute approximate surface area is 112 Å². The quantitative estimate of drug-likeness (QED) is 0.912. The van der Waals surface area contributed by atoms with E-state index < -0.39 is 6.10 Å². The third-order valence-corrected chi connectivity index (χ3v) is 4.77. The van der Waals surface area contributed by atoms with Crippen molar-refractivity contribution in [2.75, 3.05) is 23.5 Å². The number of hydrogen-bond acceptors (Lipinski definition) is 3. The molecular weight excluding hydrogens is 254 g/mol. The van der Waals surface area contributed by atoms with Gasteiger partial charge in [0.25, 0.3) is 0 Å². The first-order valence-corrected chi connectivity index (χ1v) is 7.41. The van der Waals surface area contributed by atoms with Gasteiger partial charge in [-0.05, 0) is 36.8 Å². The Morgan fingerprint density at radius 1 is 1.53 bits per heavy atom. The summed E-state index contributed by atoms with van der Waals surface area (Å²) < 4.78 is 0. The van der Waals surface area contributed by atoms with Gasteiger partial charge in [-0.25, -0.2) is 0 Å². The number of aliphatic hydroxyl groups is 1. The molecule has 0 spiro atoms. The van der Waals surface area contributed by atoms with Gasteiger partial charge in [0, 0.05) is 29.6 Å². The summed E-state index contributed by atoms with van der Waals surface area (Å²) in [5, 5.41) is 10.2. The fourth-order valence-corrected chi connectivity index (χ4v) is 3.71. The Bertz CT molecular complexity index is 391. The average molecular weight is 272 g/mol. The first-order chi connectivity index (χ1) is 8.09. The van der Waals surface area contributed by atoms with Gasteiger partial charge >= 0.3 is 0 Å². The van der Waals surface area contributed by atoms with Crippen molar-refractivity contribution < 1.29 is 5.11 Å². The molecule has 1 fully saturated rings. The van der Waals surface area contributed by atoms with Crippen molar-refractivity contribution in [3.8, 4) is 0 Å². The monoisotopic (exact) mass is 271 g/mol. The Balaban J connectivity index is 2.18. The largest absolute Gasteiger partial charge is 0.389 e. The van der Waals surface area contributed by atoms with E-state index in [9.17, 15) is 5.11 Å². The number of benzene rings is 1. The predicted molar refractivity (Wildman–Crippen MR) is 76.2 cm³/mol. The number of nitrogens with zero attached hydrogens (tertiary/aromatic N) is 1. The number of aliphatic hydroxyl groups excluding tert-OH is 1. The molecule has 0 saturated carbocycles. The SMILES string of the molecule is CC(O)c1ccc(N(C)C2CCSC2)cc1Cl. The fourth-order valence-electron chi connectivity index (χ4n) is 2.11. The van der Waals surface area contributed by atoms with E-state index in [1.54, 1.807) is 6.92 Å². The van der Waals surface area contributed by atoms with Gasteiger partial charge in [-0.3, -0.25) is 0 Å². The van der Waals surface area contributed by atoms with Crippen molar-refractivity contribution >= 4 is 29.1 Å². The Kier molecular flexibility index (Phi) is 4.23. The normalized spacial score (nSPS) is 21.5. The van der Waals surface area contributed by atoms with Crippen molar-refractivity contribution in [3.05, 3.63) is 28.8 Å². The molecule has 1 aromatic rings. The smallest absolute Gasteiger partial charge is 0.0776 e. The highest BCUT2D eigenvalue weighted by Gasteiger charge is 2.21. The standard InChI is InChI=1S/C13H18ClNOS/c1-9(16)12-4-3-10(7-13(12)14)15(2)11-5-6-17-8-11/h3-4,7,9,11,16H,5-6,8H2,1-2H3. The van der Waals surface area contributed by atoms with Gasteiger partial charge in [0.2, 0.25) is 0 Å². The minimum atomic E-state index is -0.510. The summed E-state index contributed by atoms with van der Waals surface area (Å²) in [6.45, 7) is 1.73. The zero-order valence-electron chi connectivity index (χ0n) is 10.2. The lowest BCUT2D eigenvalue weighted by Gasteiger charge is -2.26. The first-order valence-electron chi connectivity index (χ1n) is 5.87. The van der Waals surface area contributed by atoms with Gasteiger partial charge in [-0.2, -0.15) is 11.8 Å². The summed E-state index contributed by atoms with van der Waals surface area (Å²) in [6, 6.07) is 6.51. The summed E-state index contributed by atoms with van der Waals surface area (Å²) >= 11 is 8.19. The maximum Gasteiger partial charge on any atom is 0.0776 e. The number of thioether (sulfide) groups is 1. The Hall–Kier alpha value is -0.380. The van der Waals surface area contributed by atoms with Crippen LogP contribution in [0, 0.1) is 0 Å². The summed E-state index contributed by atoms with van der Waals surface area (Å²) in [7, 11) is 2.12. The molecule has 4 heteroatoms. The van der Waals surface area contributed by atoms with E-state index in [1.165, 1.54) is 17.9 Å². The van der Waals surface area contributed by atoms with Crippen LogP contribution >= 0.6 is 23.4 Å². The van der Waals surface area contributed by atoms with Crippen LogP contribution in [0.1, 0.15) is 25.0 Å². The van der Waals surface area contributed by atoms with Crippen LogP contribution in [0.5, 0.6) is 0 Å². The number of anilines is 1. The molecule has 2 nitrogen and oxygen atoms in total. The summed E-state index contributed by atoms with van der Waals surface area (Å²) in [5.74, 6) is 2.43. The third kappa shape index (κ3) is 2.90. The van der Waals surface area contributed by atoms with E-state index in [4.69, 9.17) is 11.6 Å². The molecule has 17 heavy (non-hydrogen) atoms. The van der Waals surface area contributed by atoms with Crippen LogP contribution in [0.2, 0.25) is 5.02 Å². The van der Waals surface area contributed by atoms with Crippen LogP contribution in [-0.2, 0) is 0 Å². The minimum Gasteiger partial charge on any atom is -0.389 e. The third-order valence-electron chi connectivity index (χ3n) is 3.29. The molecule has 94 valence electrons. The molecule has 2 unspecified atom stereocenters. The van der Waals surface area contributed by atoms with Gasteiger partial charge in [-0.15, -0.1) is 0 Å². The predicted octanol–water partition coefficient (Wildman–Crippen LogP) is 3.34. The lowest BCUT2D eigenvalue weighted by molar-refractivity contribution is 0.199. The highest BCUT2D eigenvalue weighted by Crippen LogP contribution is 2.30. The van der Waals surface area contributed by atoms with Crippen molar-refractivity contribution in [2.45, 2.75) is 25.5 Å². The van der Waals surface area contributed by atoms with Crippen LogP contribution in [0.4, 0.5) is 5.69 Å². The van der Waals surface area contributed by atoms with Crippen molar-refractivity contribution in [1.82, 2.24) is 0 Å². The second-order valence-electron chi connectivity index (χ2n) is 4.51. The molecule has 0 bridgehead atoms. The molecule has 1 aliphatic rings. The summed E-state index contributed by atoms with van der Waals surface area (Å²) in [5.41, 5.74) is 1.93. The zero-order chi connectivity index (χ0) is 12.4. The van der Waals surface area contributed by atoms with Gasteiger partial charge in [0.15, 0.2) is 0 Å². The van der Waals surface area contributed by atoms with Crippen LogP contribution in [0.25, 0.3) is 0 Å². The van der Waals surface area contributed by atoms with Gasteiger partial charge in [-0.1, -0.05) is 17.7 Å². The molecular formula is C13H18ClNOS. The van der Waals surface area contributed by atoms with E-state index >= 15 is 0 Å². The topological polar surface area (TPSA) is 23.5 Å². The maximum absolute atomic E-state index is 9.54. The molecule has 2 atom stereocenters. The average Bonchev–Trinajstić information content (AvgIpc) is 2.80. The highest BCUT2D eigenvalue weighted by atomic mass is 35.5. The van der Waals surface area contributed by atoms with Crippen molar-refractivity contribution in [2.24, 2.45) is 0 Å². The van der Waals surface area contributed by atoms with Gasteiger partial charge < -0.3 is 10.0 Å². The summed E-state index contributed by atoms with van der Waals surface area (Å²) in [4.78, 5) is 2.29. The zero-order valence-corrected chi connectivity index (χ0v) is 11.8. The number of rotatable bonds is 3. The van der Waals surface area contributed by atoms with Crippen LogP contribution in [0.3, 0.4) is 0 Å². The van der Waals surface area contributed by atoms with Crippen LogP contribution in [0.15, 0.2) is 18.2 Å². The second-order valence-corrected chi connectivity index (χ2v) is 6.07. The summed E-state index contributed by atoms with van der Waals surface area (Å²) in [6.07, 6.45) is 0.723. The number of hydrogen-bond donors (Lipinski definition) is 1. The molecule has 2 rings (SSSR count). The van der Waals surface area contributed by atoms with Crippen LogP contribution in [-0.4, -0.2) is 29.7 Å². The van der Waals surface area contributed by atoms with Crippen LogP contribution < -0.4 is 4.90 Å². The van der Waals surface area contributed by atoms with E-state index in [2.05, 4.69) is 11.9 Å². The lowest BCUT2D eigenvalue weighted by Crippen LogP contribution is -2.31. The molecule has 0 radical (unpaired) electrons. The first kappa shape index (κ1) is 13.1. The molecule has 0 aromatic heterocycles. The molecule has 0 aliphatic carbocycles. The minimum absolute atomic E-state index is 0.510. The molecule has 1 saturated heterocycles. The van der Waals surface area contributed by atoms with Crippen molar-refractivity contribution in [1.29, 1.82) is 0 Å². The molecule has 1 aliphatic heterocycles. The van der Waals surface area contributed by atoms with Gasteiger partial charge in [0.05, 0.1) is 6.10 Å². The second kappa shape index (κ2) is 5.51. The molecule has 1 heterocycles. The molecule has 0 amide bonds. The molecule has 1 aromatic carbocycles. The van der Waals surface area contributed by atoms with E-state index in [1.807, 2.05) is 30.0 Å². The van der Waals surface area contributed by atoms with Crippen molar-refractivity contribution in [3.63, 3.8) is 0 Å². The number of halogens is 1. The molecule has 1 N–H and O–H groups in total. The van der Waals surface area contributed by atoms with E-state index in [-0.39, 0.29) is 0 Å². The van der Waals surface area contributed by atoms with E-state index in [0.717, 1.165) is 11.3 Å². The maximum atomic E-state index is 9.54. The van der Waals surface area contributed by atoms with Gasteiger partial charge in [0.1, 0.15) is 0 Å². The Morgan fingerprint density at radius 2 is 2.29 bits per heavy atom. The fraction of sp³-hybridized carbons (Fsp3) is 0.538. The Morgan fingerprint density at radius 3 is 2.82 bits per heavy atom.